The molecule has 0 amide bonds. The second-order valence-corrected chi connectivity index (χ2v) is 2.59. The van der Waals surface area contributed by atoms with E-state index >= 15 is 0 Å². The standard InChI is InChI=1S/C6H8O3/c1-8-6-2-4(6)3-9-5(6)7/h4H,2-3H2,1H3. The molecule has 1 saturated heterocycles. The zero-order valence-electron chi connectivity index (χ0n) is 5.22. The second-order valence-electron chi connectivity index (χ2n) is 2.59. The number of fused-ring (bicyclic) bond motifs is 1. The first-order chi connectivity index (χ1) is 4.29. The van der Waals surface area contributed by atoms with Gasteiger partial charge in [-0.15, -0.1) is 0 Å². The second kappa shape index (κ2) is 1.29. The fourth-order valence-corrected chi connectivity index (χ4v) is 1.38. The Morgan fingerprint density at radius 3 is 2.89 bits per heavy atom. The van der Waals surface area contributed by atoms with E-state index in [-0.39, 0.29) is 5.97 Å². The summed E-state index contributed by atoms with van der Waals surface area (Å²) in [6.45, 7) is 0.562. The molecule has 2 unspecified atom stereocenters. The largest absolute Gasteiger partial charge is 0.463 e. The topological polar surface area (TPSA) is 35.5 Å². The molecule has 0 radical (unpaired) electrons. The summed E-state index contributed by atoms with van der Waals surface area (Å²) < 4.78 is 9.76. The molecule has 1 aliphatic heterocycles. The monoisotopic (exact) mass is 128 g/mol. The Morgan fingerprint density at radius 2 is 2.67 bits per heavy atom. The highest BCUT2D eigenvalue weighted by Gasteiger charge is 2.67. The molecule has 9 heavy (non-hydrogen) atoms. The molecular weight excluding hydrogens is 120 g/mol. The zero-order chi connectivity index (χ0) is 6.48. The van der Waals surface area contributed by atoms with Crippen molar-refractivity contribution in [2.45, 2.75) is 12.0 Å². The first kappa shape index (κ1) is 5.23. The van der Waals surface area contributed by atoms with Gasteiger partial charge in [0.15, 0.2) is 5.60 Å². The van der Waals surface area contributed by atoms with E-state index in [2.05, 4.69) is 0 Å². The van der Waals surface area contributed by atoms with Gasteiger partial charge in [-0.25, -0.2) is 4.79 Å². The molecule has 2 atom stereocenters. The highest BCUT2D eigenvalue weighted by molar-refractivity contribution is 5.86. The third kappa shape index (κ3) is 0.435. The summed E-state index contributed by atoms with van der Waals surface area (Å²) in [4.78, 5) is 10.8. The van der Waals surface area contributed by atoms with Gasteiger partial charge in [0, 0.05) is 13.0 Å². The van der Waals surface area contributed by atoms with E-state index in [0.717, 1.165) is 6.42 Å². The number of hydrogen-bond donors (Lipinski definition) is 0. The molecule has 1 heterocycles. The van der Waals surface area contributed by atoms with E-state index in [9.17, 15) is 4.79 Å². The van der Waals surface area contributed by atoms with Gasteiger partial charge in [0.1, 0.15) is 0 Å². The van der Waals surface area contributed by atoms with Gasteiger partial charge in [0.2, 0.25) is 0 Å². The minimum absolute atomic E-state index is 0.171. The van der Waals surface area contributed by atoms with E-state index in [4.69, 9.17) is 9.47 Å². The van der Waals surface area contributed by atoms with Crippen LogP contribution in [0, 0.1) is 5.92 Å². The Balaban J connectivity index is 2.23. The van der Waals surface area contributed by atoms with Crippen molar-refractivity contribution in [3.63, 3.8) is 0 Å². The average molecular weight is 128 g/mol. The normalized spacial score (nSPS) is 46.3. The van der Waals surface area contributed by atoms with Crippen LogP contribution in [-0.4, -0.2) is 25.3 Å². The molecule has 2 rings (SSSR count). The van der Waals surface area contributed by atoms with Crippen LogP contribution in [0.25, 0.3) is 0 Å². The molecule has 0 N–H and O–H groups in total. The zero-order valence-corrected chi connectivity index (χ0v) is 5.22. The van der Waals surface area contributed by atoms with Crippen molar-refractivity contribution >= 4 is 5.97 Å². The Morgan fingerprint density at radius 1 is 1.89 bits per heavy atom. The lowest BCUT2D eigenvalue weighted by Crippen LogP contribution is -2.22. The minimum atomic E-state index is -0.500. The first-order valence-electron chi connectivity index (χ1n) is 3.02. The summed E-state index contributed by atoms with van der Waals surface area (Å²) in [5.74, 6) is 0.185. The highest BCUT2D eigenvalue weighted by atomic mass is 16.6. The van der Waals surface area contributed by atoms with Crippen LogP contribution in [0.3, 0.4) is 0 Å². The van der Waals surface area contributed by atoms with Crippen molar-refractivity contribution in [3.8, 4) is 0 Å². The van der Waals surface area contributed by atoms with Gasteiger partial charge >= 0.3 is 5.97 Å². The Labute approximate surface area is 52.9 Å². The average Bonchev–Trinajstić information content (AvgIpc) is 2.52. The van der Waals surface area contributed by atoms with Crippen LogP contribution in [0.4, 0.5) is 0 Å². The third-order valence-corrected chi connectivity index (χ3v) is 2.17. The lowest BCUT2D eigenvalue weighted by Gasteiger charge is -2.03. The van der Waals surface area contributed by atoms with Crippen LogP contribution in [0.15, 0.2) is 0 Å². The first-order valence-corrected chi connectivity index (χ1v) is 3.02. The molecule has 0 aromatic heterocycles. The molecular formula is C6H8O3. The van der Waals surface area contributed by atoms with Crippen LogP contribution in [0.5, 0.6) is 0 Å². The van der Waals surface area contributed by atoms with E-state index in [1.54, 1.807) is 7.11 Å². The Bertz CT molecular complexity index is 162. The number of hydrogen-bond acceptors (Lipinski definition) is 3. The molecule has 2 aliphatic rings. The molecule has 2 fully saturated rings. The summed E-state index contributed by atoms with van der Waals surface area (Å²) in [7, 11) is 1.56. The summed E-state index contributed by atoms with van der Waals surface area (Å²) >= 11 is 0. The van der Waals surface area contributed by atoms with Crippen LogP contribution in [0.2, 0.25) is 0 Å². The van der Waals surface area contributed by atoms with Crippen molar-refractivity contribution in [3.05, 3.63) is 0 Å². The number of methoxy groups -OCH3 is 1. The summed E-state index contributed by atoms with van der Waals surface area (Å²) in [5.41, 5.74) is -0.500. The van der Waals surface area contributed by atoms with Crippen molar-refractivity contribution < 1.29 is 14.3 Å². The SMILES string of the molecule is COC12CC1COC2=O. The number of carbonyl (C=O) groups excluding carboxylic acids is 1. The molecule has 3 nitrogen and oxygen atoms in total. The summed E-state index contributed by atoms with van der Waals surface area (Å²) in [6, 6.07) is 0. The molecule has 0 aromatic rings. The fraction of sp³-hybridized carbons (Fsp3) is 0.833. The quantitative estimate of drug-likeness (QED) is 0.464. The molecule has 0 aromatic carbocycles. The fourth-order valence-electron chi connectivity index (χ4n) is 1.38. The van der Waals surface area contributed by atoms with Gasteiger partial charge in [0.25, 0.3) is 0 Å². The van der Waals surface area contributed by atoms with Crippen LogP contribution in [-0.2, 0) is 14.3 Å². The molecule has 3 heteroatoms. The predicted molar refractivity (Wildman–Crippen MR) is 28.8 cm³/mol. The van der Waals surface area contributed by atoms with Crippen LogP contribution in [0.1, 0.15) is 6.42 Å². The van der Waals surface area contributed by atoms with Crippen molar-refractivity contribution in [1.82, 2.24) is 0 Å². The molecule has 1 saturated carbocycles. The van der Waals surface area contributed by atoms with Crippen molar-refractivity contribution in [1.29, 1.82) is 0 Å². The number of esters is 1. The minimum Gasteiger partial charge on any atom is -0.463 e. The number of rotatable bonds is 1. The van der Waals surface area contributed by atoms with Crippen molar-refractivity contribution in [2.75, 3.05) is 13.7 Å². The molecule has 50 valence electrons. The van der Waals surface area contributed by atoms with Gasteiger partial charge in [0.05, 0.1) is 6.61 Å². The van der Waals surface area contributed by atoms with Gasteiger partial charge in [-0.05, 0) is 6.42 Å². The lowest BCUT2D eigenvalue weighted by atomic mass is 10.3. The summed E-state index contributed by atoms with van der Waals surface area (Å²) in [5, 5.41) is 0. The van der Waals surface area contributed by atoms with Gasteiger partial charge < -0.3 is 9.47 Å². The number of ether oxygens (including phenoxy) is 2. The van der Waals surface area contributed by atoms with Crippen molar-refractivity contribution in [2.24, 2.45) is 5.92 Å². The third-order valence-electron chi connectivity index (χ3n) is 2.17. The Hall–Kier alpha value is -0.570. The maximum Gasteiger partial charge on any atom is 0.338 e. The van der Waals surface area contributed by atoms with Crippen LogP contribution < -0.4 is 0 Å². The molecule has 0 spiro atoms. The predicted octanol–water partition coefficient (Wildman–Crippen LogP) is -0.0517. The smallest absolute Gasteiger partial charge is 0.338 e. The molecule has 0 bridgehead atoms. The van der Waals surface area contributed by atoms with Gasteiger partial charge in [-0.1, -0.05) is 0 Å². The number of cyclic esters (lactones) is 1. The number of carbonyl (C=O) groups is 1. The molecule has 1 aliphatic carbocycles. The maximum atomic E-state index is 10.8. The summed E-state index contributed by atoms with van der Waals surface area (Å²) in [6.07, 6.45) is 0.863. The van der Waals surface area contributed by atoms with E-state index in [1.165, 1.54) is 0 Å². The van der Waals surface area contributed by atoms with E-state index in [0.29, 0.717) is 12.5 Å². The maximum absolute atomic E-state index is 10.8. The van der Waals surface area contributed by atoms with Gasteiger partial charge in [-0.3, -0.25) is 0 Å². The van der Waals surface area contributed by atoms with E-state index in [1.807, 2.05) is 0 Å². The van der Waals surface area contributed by atoms with Gasteiger partial charge in [-0.2, -0.15) is 0 Å². The highest BCUT2D eigenvalue weighted by Crippen LogP contribution is 2.51. The Kier molecular flexibility index (Phi) is 0.750. The lowest BCUT2D eigenvalue weighted by molar-refractivity contribution is -0.151. The van der Waals surface area contributed by atoms with E-state index < -0.39 is 5.60 Å². The van der Waals surface area contributed by atoms with Crippen LogP contribution >= 0.6 is 0 Å².